The highest BCUT2D eigenvalue weighted by molar-refractivity contribution is 7.17. The molecule has 72 valence electrons. The van der Waals surface area contributed by atoms with Gasteiger partial charge in [0.2, 0.25) is 0 Å². The maximum absolute atomic E-state index is 10.5. The second-order valence-corrected chi connectivity index (χ2v) is 4.27. The standard InChI is InChI=1S/C10H15NOS/c1-4-11(8(2)3)10-6-5-9(7-12)13-10/h5-8H,4H2,1-3H3. The number of anilines is 1. The summed E-state index contributed by atoms with van der Waals surface area (Å²) in [5, 5.41) is 1.18. The number of rotatable bonds is 4. The van der Waals surface area contributed by atoms with Crippen LogP contribution in [0.2, 0.25) is 0 Å². The fourth-order valence-corrected chi connectivity index (χ4v) is 2.35. The van der Waals surface area contributed by atoms with Crippen LogP contribution >= 0.6 is 11.3 Å². The minimum Gasteiger partial charge on any atom is -0.361 e. The lowest BCUT2D eigenvalue weighted by Gasteiger charge is -2.25. The first-order valence-electron chi connectivity index (χ1n) is 4.50. The Bertz CT molecular complexity index is 280. The molecular weight excluding hydrogens is 182 g/mol. The molecule has 0 saturated heterocycles. The van der Waals surface area contributed by atoms with E-state index in [1.54, 1.807) is 11.3 Å². The Morgan fingerprint density at radius 2 is 2.23 bits per heavy atom. The molecule has 0 fully saturated rings. The molecule has 3 heteroatoms. The van der Waals surface area contributed by atoms with Crippen molar-refractivity contribution >= 4 is 22.6 Å². The molecule has 13 heavy (non-hydrogen) atoms. The van der Waals surface area contributed by atoms with E-state index in [0.29, 0.717) is 6.04 Å². The van der Waals surface area contributed by atoms with Gasteiger partial charge in [0.25, 0.3) is 0 Å². The molecule has 0 aliphatic rings. The topological polar surface area (TPSA) is 20.3 Å². The van der Waals surface area contributed by atoms with Gasteiger partial charge in [-0.25, -0.2) is 0 Å². The highest BCUT2D eigenvalue weighted by Crippen LogP contribution is 2.26. The van der Waals surface area contributed by atoms with Crippen LogP contribution in [0.1, 0.15) is 30.4 Å². The second-order valence-electron chi connectivity index (χ2n) is 3.17. The Hall–Kier alpha value is -0.830. The molecule has 0 unspecified atom stereocenters. The lowest BCUT2D eigenvalue weighted by Crippen LogP contribution is -2.29. The Morgan fingerprint density at radius 1 is 1.54 bits per heavy atom. The molecule has 0 aliphatic heterocycles. The highest BCUT2D eigenvalue weighted by Gasteiger charge is 2.10. The van der Waals surface area contributed by atoms with Crippen LogP contribution in [0, 0.1) is 0 Å². The van der Waals surface area contributed by atoms with E-state index in [-0.39, 0.29) is 0 Å². The molecule has 0 radical (unpaired) electrons. The van der Waals surface area contributed by atoms with Crippen molar-refractivity contribution in [3.63, 3.8) is 0 Å². The first-order valence-corrected chi connectivity index (χ1v) is 5.32. The Labute approximate surface area is 83.2 Å². The van der Waals surface area contributed by atoms with E-state index in [2.05, 4.69) is 25.7 Å². The van der Waals surface area contributed by atoms with Gasteiger partial charge >= 0.3 is 0 Å². The van der Waals surface area contributed by atoms with Gasteiger partial charge in [-0.2, -0.15) is 0 Å². The summed E-state index contributed by atoms with van der Waals surface area (Å²) in [7, 11) is 0. The van der Waals surface area contributed by atoms with Crippen molar-refractivity contribution in [3.8, 4) is 0 Å². The van der Waals surface area contributed by atoms with Crippen molar-refractivity contribution in [2.45, 2.75) is 26.8 Å². The number of hydrogen-bond acceptors (Lipinski definition) is 3. The Morgan fingerprint density at radius 3 is 2.62 bits per heavy atom. The molecule has 0 amide bonds. The fraction of sp³-hybridized carbons (Fsp3) is 0.500. The lowest BCUT2D eigenvalue weighted by molar-refractivity contribution is 0.112. The van der Waals surface area contributed by atoms with Gasteiger partial charge in [0.05, 0.1) is 9.88 Å². The number of hydrogen-bond donors (Lipinski definition) is 0. The zero-order valence-electron chi connectivity index (χ0n) is 8.28. The normalized spacial score (nSPS) is 10.5. The van der Waals surface area contributed by atoms with Gasteiger partial charge in [-0.3, -0.25) is 4.79 Å². The molecule has 0 spiro atoms. The van der Waals surface area contributed by atoms with Crippen molar-refractivity contribution < 1.29 is 4.79 Å². The van der Waals surface area contributed by atoms with Crippen molar-refractivity contribution in [3.05, 3.63) is 17.0 Å². The monoisotopic (exact) mass is 197 g/mol. The molecule has 0 bridgehead atoms. The van der Waals surface area contributed by atoms with E-state index < -0.39 is 0 Å². The maximum Gasteiger partial charge on any atom is 0.160 e. The average molecular weight is 197 g/mol. The van der Waals surface area contributed by atoms with Crippen molar-refractivity contribution in [2.75, 3.05) is 11.4 Å². The van der Waals surface area contributed by atoms with E-state index >= 15 is 0 Å². The fourth-order valence-electron chi connectivity index (χ4n) is 1.34. The Kier molecular flexibility index (Phi) is 3.48. The van der Waals surface area contributed by atoms with Crippen molar-refractivity contribution in [1.82, 2.24) is 0 Å². The van der Waals surface area contributed by atoms with Crippen LogP contribution in [-0.4, -0.2) is 18.9 Å². The SMILES string of the molecule is CCN(c1ccc(C=O)s1)C(C)C. The minimum atomic E-state index is 0.489. The van der Waals surface area contributed by atoms with E-state index in [1.807, 2.05) is 12.1 Å². The van der Waals surface area contributed by atoms with E-state index in [4.69, 9.17) is 0 Å². The van der Waals surface area contributed by atoms with Crippen LogP contribution in [0.25, 0.3) is 0 Å². The predicted molar refractivity (Wildman–Crippen MR) is 57.9 cm³/mol. The molecule has 1 aromatic heterocycles. The van der Waals surface area contributed by atoms with Gasteiger partial charge in [-0.1, -0.05) is 0 Å². The summed E-state index contributed by atoms with van der Waals surface area (Å²) in [5.41, 5.74) is 0. The number of carbonyl (C=O) groups excluding carboxylic acids is 1. The van der Waals surface area contributed by atoms with Gasteiger partial charge in [0.1, 0.15) is 0 Å². The van der Waals surface area contributed by atoms with Crippen LogP contribution in [0.5, 0.6) is 0 Å². The van der Waals surface area contributed by atoms with Gasteiger partial charge in [-0.05, 0) is 32.9 Å². The van der Waals surface area contributed by atoms with Crippen LogP contribution in [0.4, 0.5) is 5.00 Å². The number of aldehydes is 1. The first-order chi connectivity index (χ1) is 6.19. The molecule has 0 aliphatic carbocycles. The third-order valence-corrected chi connectivity index (χ3v) is 3.02. The van der Waals surface area contributed by atoms with Gasteiger partial charge in [0, 0.05) is 12.6 Å². The highest BCUT2D eigenvalue weighted by atomic mass is 32.1. The van der Waals surface area contributed by atoms with E-state index in [0.717, 1.165) is 17.7 Å². The molecule has 1 rings (SSSR count). The third kappa shape index (κ3) is 2.31. The molecular formula is C10H15NOS. The third-order valence-electron chi connectivity index (χ3n) is 1.98. The summed E-state index contributed by atoms with van der Waals surface area (Å²) >= 11 is 1.55. The molecule has 1 aromatic rings. The summed E-state index contributed by atoms with van der Waals surface area (Å²) in [4.78, 5) is 13.6. The molecule has 2 nitrogen and oxygen atoms in total. The van der Waals surface area contributed by atoms with Crippen molar-refractivity contribution in [2.24, 2.45) is 0 Å². The van der Waals surface area contributed by atoms with Crippen LogP contribution < -0.4 is 4.90 Å². The second kappa shape index (κ2) is 4.42. The zero-order chi connectivity index (χ0) is 9.84. The summed E-state index contributed by atoms with van der Waals surface area (Å²) in [5.74, 6) is 0. The number of thiophene rings is 1. The number of nitrogens with zero attached hydrogens (tertiary/aromatic N) is 1. The van der Waals surface area contributed by atoms with E-state index in [9.17, 15) is 4.79 Å². The first kappa shape index (κ1) is 10.3. The summed E-state index contributed by atoms with van der Waals surface area (Å²) < 4.78 is 0. The maximum atomic E-state index is 10.5. The van der Waals surface area contributed by atoms with E-state index in [1.165, 1.54) is 5.00 Å². The quantitative estimate of drug-likeness (QED) is 0.692. The molecule has 0 aromatic carbocycles. The summed E-state index contributed by atoms with van der Waals surface area (Å²) in [6.45, 7) is 7.42. The van der Waals surface area contributed by atoms with Crippen LogP contribution in [0.15, 0.2) is 12.1 Å². The molecule has 0 saturated carbocycles. The van der Waals surface area contributed by atoms with Crippen LogP contribution in [-0.2, 0) is 0 Å². The summed E-state index contributed by atoms with van der Waals surface area (Å²) in [6, 6.07) is 4.37. The lowest BCUT2D eigenvalue weighted by atomic mass is 10.3. The van der Waals surface area contributed by atoms with Crippen LogP contribution in [0.3, 0.4) is 0 Å². The predicted octanol–water partition coefficient (Wildman–Crippen LogP) is 2.80. The number of carbonyl (C=O) groups is 1. The molecule has 0 N–H and O–H groups in total. The van der Waals surface area contributed by atoms with Gasteiger partial charge < -0.3 is 4.90 Å². The smallest absolute Gasteiger partial charge is 0.160 e. The Balaban J connectivity index is 2.85. The van der Waals surface area contributed by atoms with Gasteiger partial charge in [-0.15, -0.1) is 11.3 Å². The zero-order valence-corrected chi connectivity index (χ0v) is 9.10. The van der Waals surface area contributed by atoms with Gasteiger partial charge in [0.15, 0.2) is 6.29 Å². The summed E-state index contributed by atoms with van der Waals surface area (Å²) in [6.07, 6.45) is 0.905. The average Bonchev–Trinajstić information content (AvgIpc) is 2.53. The molecule has 1 heterocycles. The largest absolute Gasteiger partial charge is 0.361 e. The molecule has 0 atom stereocenters. The minimum absolute atomic E-state index is 0.489. The van der Waals surface area contributed by atoms with Crippen molar-refractivity contribution in [1.29, 1.82) is 0 Å².